The Hall–Kier alpha value is -1.50. The molecule has 2 rings (SSSR count). The van der Waals surface area contributed by atoms with Gasteiger partial charge in [0.25, 0.3) is 5.91 Å². The quantitative estimate of drug-likeness (QED) is 0.420. The SMILES string of the molecule is CSc1sccc1C(=O)Nc1ccc(Cl)c(/C=N/OC(C)(C)C)c1. The number of thioether (sulfide) groups is 1. The number of oxime groups is 1. The van der Waals surface area contributed by atoms with E-state index >= 15 is 0 Å². The molecular weight excluding hydrogens is 364 g/mol. The molecule has 1 amide bonds. The van der Waals surface area contributed by atoms with Crippen molar-refractivity contribution in [1.29, 1.82) is 0 Å². The number of benzene rings is 1. The summed E-state index contributed by atoms with van der Waals surface area (Å²) in [5.41, 5.74) is 1.63. The summed E-state index contributed by atoms with van der Waals surface area (Å²) in [7, 11) is 0. The zero-order valence-electron chi connectivity index (χ0n) is 13.9. The van der Waals surface area contributed by atoms with E-state index in [4.69, 9.17) is 16.4 Å². The molecule has 0 spiro atoms. The molecule has 0 aliphatic heterocycles. The van der Waals surface area contributed by atoms with E-state index in [0.29, 0.717) is 21.8 Å². The molecule has 0 atom stereocenters. The van der Waals surface area contributed by atoms with E-state index < -0.39 is 0 Å². The lowest BCUT2D eigenvalue weighted by Crippen LogP contribution is -2.15. The number of thiophene rings is 1. The highest BCUT2D eigenvalue weighted by atomic mass is 35.5. The van der Waals surface area contributed by atoms with Crippen LogP contribution in [0.2, 0.25) is 5.02 Å². The molecule has 0 unspecified atom stereocenters. The van der Waals surface area contributed by atoms with Crippen molar-refractivity contribution in [2.75, 3.05) is 11.6 Å². The summed E-state index contributed by atoms with van der Waals surface area (Å²) in [6.45, 7) is 5.73. The highest BCUT2D eigenvalue weighted by Gasteiger charge is 2.13. The standard InChI is InChI=1S/C17H19ClN2O2S2/c1-17(2,3)22-19-10-11-9-12(5-6-14(11)18)20-15(21)13-7-8-24-16(13)23-4/h5-10H,1-4H3,(H,20,21)/b19-10+. The van der Waals surface area contributed by atoms with E-state index in [9.17, 15) is 4.79 Å². The number of halogens is 1. The lowest BCUT2D eigenvalue weighted by atomic mass is 10.2. The van der Waals surface area contributed by atoms with Gasteiger partial charge >= 0.3 is 0 Å². The van der Waals surface area contributed by atoms with Crippen LogP contribution in [0.3, 0.4) is 0 Å². The van der Waals surface area contributed by atoms with Crippen LogP contribution in [0.5, 0.6) is 0 Å². The molecule has 2 aromatic rings. The predicted octanol–water partition coefficient (Wildman–Crippen LogP) is 5.52. The van der Waals surface area contributed by atoms with Gasteiger partial charge in [0.05, 0.1) is 16.0 Å². The maximum absolute atomic E-state index is 12.4. The molecule has 0 radical (unpaired) electrons. The van der Waals surface area contributed by atoms with Gasteiger partial charge < -0.3 is 10.2 Å². The van der Waals surface area contributed by atoms with Gasteiger partial charge in [-0.05, 0) is 56.7 Å². The molecule has 1 aromatic carbocycles. The number of rotatable bonds is 5. The molecule has 7 heteroatoms. The molecular formula is C17H19ClN2O2S2. The van der Waals surface area contributed by atoms with Gasteiger partial charge in [-0.3, -0.25) is 4.79 Å². The van der Waals surface area contributed by atoms with E-state index in [1.807, 2.05) is 38.5 Å². The second kappa shape index (κ2) is 8.05. The monoisotopic (exact) mass is 382 g/mol. The van der Waals surface area contributed by atoms with Crippen LogP contribution >= 0.6 is 34.7 Å². The topological polar surface area (TPSA) is 50.7 Å². The Labute approximate surface area is 155 Å². The summed E-state index contributed by atoms with van der Waals surface area (Å²) in [6.07, 6.45) is 3.50. The smallest absolute Gasteiger partial charge is 0.257 e. The summed E-state index contributed by atoms with van der Waals surface area (Å²) in [6, 6.07) is 7.06. The average molecular weight is 383 g/mol. The number of anilines is 1. The predicted molar refractivity (Wildman–Crippen MR) is 104 cm³/mol. The Bertz CT molecular complexity index is 751. The molecule has 0 bridgehead atoms. The number of amides is 1. The molecule has 4 nitrogen and oxygen atoms in total. The van der Waals surface area contributed by atoms with Crippen LogP contribution in [0.15, 0.2) is 39.0 Å². The zero-order valence-corrected chi connectivity index (χ0v) is 16.3. The van der Waals surface area contributed by atoms with Crippen LogP contribution in [-0.2, 0) is 4.84 Å². The van der Waals surface area contributed by atoms with Gasteiger partial charge in [0, 0.05) is 16.3 Å². The van der Waals surface area contributed by atoms with Crippen LogP contribution in [0, 0.1) is 0 Å². The summed E-state index contributed by atoms with van der Waals surface area (Å²) >= 11 is 9.28. The number of nitrogens with zero attached hydrogens (tertiary/aromatic N) is 1. The summed E-state index contributed by atoms with van der Waals surface area (Å²) in [5, 5.41) is 9.28. The Kier molecular flexibility index (Phi) is 6.32. The first kappa shape index (κ1) is 18.8. The Morgan fingerprint density at radius 3 is 2.79 bits per heavy atom. The molecule has 1 N–H and O–H groups in total. The molecule has 0 aliphatic carbocycles. The molecule has 1 heterocycles. The summed E-state index contributed by atoms with van der Waals surface area (Å²) in [4.78, 5) is 17.7. The maximum atomic E-state index is 12.4. The van der Waals surface area contributed by atoms with Crippen LogP contribution in [0.1, 0.15) is 36.7 Å². The van der Waals surface area contributed by atoms with Gasteiger partial charge in [-0.2, -0.15) is 0 Å². The fourth-order valence-corrected chi connectivity index (χ4v) is 3.50. The van der Waals surface area contributed by atoms with Crippen molar-refractivity contribution in [1.82, 2.24) is 0 Å². The lowest BCUT2D eigenvalue weighted by molar-refractivity contribution is 0.00199. The van der Waals surface area contributed by atoms with E-state index in [-0.39, 0.29) is 11.5 Å². The van der Waals surface area contributed by atoms with E-state index in [1.165, 1.54) is 0 Å². The van der Waals surface area contributed by atoms with Crippen molar-refractivity contribution in [2.24, 2.45) is 5.16 Å². The van der Waals surface area contributed by atoms with E-state index in [1.54, 1.807) is 47.5 Å². The third kappa shape index (κ3) is 5.26. The zero-order chi connectivity index (χ0) is 17.7. The van der Waals surface area contributed by atoms with Crippen molar-refractivity contribution in [2.45, 2.75) is 30.6 Å². The molecule has 0 fully saturated rings. The van der Waals surface area contributed by atoms with Gasteiger partial charge in [-0.25, -0.2) is 0 Å². The fourth-order valence-electron chi connectivity index (χ4n) is 1.78. The third-order valence-corrected chi connectivity index (χ3v) is 5.26. The lowest BCUT2D eigenvalue weighted by Gasteiger charge is -2.15. The molecule has 0 saturated heterocycles. The normalized spacial score (nSPS) is 11.7. The fraction of sp³-hybridized carbons (Fsp3) is 0.294. The Morgan fingerprint density at radius 2 is 2.12 bits per heavy atom. The second-order valence-corrected chi connectivity index (χ2v) is 8.35. The van der Waals surface area contributed by atoms with Gasteiger partial charge in [-0.15, -0.1) is 23.1 Å². The Morgan fingerprint density at radius 1 is 1.38 bits per heavy atom. The largest absolute Gasteiger partial charge is 0.390 e. The number of carbonyl (C=O) groups excluding carboxylic acids is 1. The van der Waals surface area contributed by atoms with E-state index in [0.717, 1.165) is 4.21 Å². The van der Waals surface area contributed by atoms with Gasteiger partial charge in [0.1, 0.15) is 5.60 Å². The number of carbonyl (C=O) groups is 1. The first-order valence-electron chi connectivity index (χ1n) is 7.24. The molecule has 0 saturated carbocycles. The van der Waals surface area contributed by atoms with Crippen LogP contribution in [-0.4, -0.2) is 24.0 Å². The highest BCUT2D eigenvalue weighted by Crippen LogP contribution is 2.28. The van der Waals surface area contributed by atoms with Crippen LogP contribution < -0.4 is 5.32 Å². The van der Waals surface area contributed by atoms with Crippen molar-refractivity contribution in [3.8, 4) is 0 Å². The minimum Gasteiger partial charge on any atom is -0.390 e. The van der Waals surface area contributed by atoms with Crippen molar-refractivity contribution in [3.63, 3.8) is 0 Å². The number of hydrogen-bond donors (Lipinski definition) is 1. The molecule has 1 aromatic heterocycles. The van der Waals surface area contributed by atoms with Gasteiger partial charge in [-0.1, -0.05) is 16.8 Å². The third-order valence-electron chi connectivity index (χ3n) is 2.83. The Balaban J connectivity index is 2.14. The molecule has 0 aliphatic rings. The first-order valence-corrected chi connectivity index (χ1v) is 9.72. The summed E-state index contributed by atoms with van der Waals surface area (Å²) < 4.78 is 0.988. The average Bonchev–Trinajstić information content (AvgIpc) is 2.97. The second-order valence-electron chi connectivity index (χ2n) is 5.95. The van der Waals surface area contributed by atoms with Gasteiger partial charge in [0.15, 0.2) is 0 Å². The van der Waals surface area contributed by atoms with E-state index in [2.05, 4.69) is 10.5 Å². The van der Waals surface area contributed by atoms with Crippen LogP contribution in [0.25, 0.3) is 0 Å². The minimum absolute atomic E-state index is 0.142. The number of hydrogen-bond acceptors (Lipinski definition) is 5. The molecule has 128 valence electrons. The number of nitrogens with one attached hydrogen (secondary N) is 1. The molecule has 24 heavy (non-hydrogen) atoms. The van der Waals surface area contributed by atoms with Crippen molar-refractivity contribution >= 4 is 52.5 Å². The van der Waals surface area contributed by atoms with Crippen LogP contribution in [0.4, 0.5) is 5.69 Å². The first-order chi connectivity index (χ1) is 11.3. The van der Waals surface area contributed by atoms with Gasteiger partial charge in [0.2, 0.25) is 0 Å². The van der Waals surface area contributed by atoms with Crippen molar-refractivity contribution in [3.05, 3.63) is 45.8 Å². The van der Waals surface area contributed by atoms with Crippen molar-refractivity contribution < 1.29 is 9.63 Å². The minimum atomic E-state index is -0.373. The highest BCUT2D eigenvalue weighted by molar-refractivity contribution is 8.00. The maximum Gasteiger partial charge on any atom is 0.257 e. The summed E-state index contributed by atoms with van der Waals surface area (Å²) in [5.74, 6) is -0.142.